The van der Waals surface area contributed by atoms with Gasteiger partial charge in [0.05, 0.1) is 0 Å². The van der Waals surface area contributed by atoms with E-state index in [0.717, 1.165) is 30.4 Å². The van der Waals surface area contributed by atoms with Crippen LogP contribution in [0.2, 0.25) is 0 Å². The number of hydrogen-bond acceptors (Lipinski definition) is 4. The molecule has 0 heterocycles. The lowest BCUT2D eigenvalue weighted by Gasteiger charge is -2.44. The third-order valence-corrected chi connectivity index (χ3v) is 5.86. The first kappa shape index (κ1) is 27.7. The van der Waals surface area contributed by atoms with E-state index in [4.69, 9.17) is 4.74 Å². The van der Waals surface area contributed by atoms with E-state index in [9.17, 15) is 14.4 Å². The van der Waals surface area contributed by atoms with Crippen LogP contribution in [0.15, 0.2) is 24.3 Å². The molecule has 3 amide bonds. The first-order chi connectivity index (χ1) is 15.8. The fourth-order valence-electron chi connectivity index (χ4n) is 4.18. The van der Waals surface area contributed by atoms with Crippen molar-refractivity contribution in [2.45, 2.75) is 111 Å². The Morgan fingerprint density at radius 3 is 2.15 bits per heavy atom. The van der Waals surface area contributed by atoms with Crippen molar-refractivity contribution in [1.29, 1.82) is 0 Å². The van der Waals surface area contributed by atoms with E-state index in [2.05, 4.69) is 10.6 Å². The molecule has 0 radical (unpaired) electrons. The molecule has 0 saturated heterocycles. The normalized spacial score (nSPS) is 15.9. The molecule has 0 aromatic heterocycles. The van der Waals surface area contributed by atoms with Crippen molar-refractivity contribution in [2.75, 3.05) is 0 Å². The quantitative estimate of drug-likeness (QED) is 0.535. The van der Waals surface area contributed by atoms with Crippen LogP contribution in [-0.4, -0.2) is 46.5 Å². The Labute approximate surface area is 205 Å². The lowest BCUT2D eigenvalue weighted by molar-refractivity contribution is -0.148. The molecule has 1 aliphatic carbocycles. The summed E-state index contributed by atoms with van der Waals surface area (Å²) in [5.74, 6) is -0.282. The zero-order chi connectivity index (χ0) is 25.6. The summed E-state index contributed by atoms with van der Waals surface area (Å²) < 4.78 is 5.44. The van der Waals surface area contributed by atoms with Crippen molar-refractivity contribution in [3.63, 3.8) is 0 Å². The zero-order valence-electron chi connectivity index (χ0n) is 22.1. The maximum atomic E-state index is 14.1. The molecule has 1 aromatic rings. The molecule has 2 rings (SSSR count). The molecule has 0 aliphatic heterocycles. The van der Waals surface area contributed by atoms with E-state index < -0.39 is 23.8 Å². The molecule has 1 aliphatic rings. The second-order valence-electron chi connectivity index (χ2n) is 11.1. The van der Waals surface area contributed by atoms with Gasteiger partial charge in [-0.25, -0.2) is 4.79 Å². The van der Waals surface area contributed by atoms with Crippen molar-refractivity contribution < 1.29 is 19.1 Å². The van der Waals surface area contributed by atoms with Crippen LogP contribution in [0, 0.1) is 12.8 Å². The molecule has 1 saturated carbocycles. The standard InChI is InChI=1S/C27H43N3O4/c1-17(2)16-22(29-26(33)34-27(6,7)8)25(32)30(20-13-11-14-20)23(24(31)28-18(3)4)21-15-10-9-12-19(21)5/h9-10,12,15,17-18,20,22-23H,11,13-14,16H2,1-8H3,(H,28,31)(H,29,33). The summed E-state index contributed by atoms with van der Waals surface area (Å²) in [6, 6.07) is 6.03. The van der Waals surface area contributed by atoms with Gasteiger partial charge >= 0.3 is 6.09 Å². The highest BCUT2D eigenvalue weighted by Gasteiger charge is 2.42. The van der Waals surface area contributed by atoms with Crippen LogP contribution in [0.5, 0.6) is 0 Å². The SMILES string of the molecule is Cc1ccccc1C(C(=O)NC(C)C)N(C(=O)C(CC(C)C)NC(=O)OC(C)(C)C)C1CCC1. The molecule has 0 bridgehead atoms. The highest BCUT2D eigenvalue weighted by Crippen LogP contribution is 2.35. The predicted molar refractivity (Wildman–Crippen MR) is 134 cm³/mol. The number of ether oxygens (including phenoxy) is 1. The van der Waals surface area contributed by atoms with Crippen molar-refractivity contribution in [2.24, 2.45) is 5.92 Å². The summed E-state index contributed by atoms with van der Waals surface area (Å²) in [7, 11) is 0. The number of nitrogens with zero attached hydrogens (tertiary/aromatic N) is 1. The highest BCUT2D eigenvalue weighted by atomic mass is 16.6. The minimum absolute atomic E-state index is 0.0508. The molecule has 2 unspecified atom stereocenters. The fraction of sp³-hybridized carbons (Fsp3) is 0.667. The molecule has 2 N–H and O–H groups in total. The van der Waals surface area contributed by atoms with Crippen LogP contribution in [-0.2, 0) is 14.3 Å². The summed E-state index contributed by atoms with van der Waals surface area (Å²) in [4.78, 5) is 42.0. The molecule has 1 aromatic carbocycles. The van der Waals surface area contributed by atoms with Crippen molar-refractivity contribution in [3.05, 3.63) is 35.4 Å². The Kier molecular flexibility index (Phi) is 9.54. The maximum absolute atomic E-state index is 14.1. The van der Waals surface area contributed by atoms with Gasteiger partial charge in [-0.1, -0.05) is 38.1 Å². The third kappa shape index (κ3) is 7.74. The van der Waals surface area contributed by atoms with Crippen molar-refractivity contribution >= 4 is 17.9 Å². The maximum Gasteiger partial charge on any atom is 0.408 e. The second kappa shape index (κ2) is 11.7. The van der Waals surface area contributed by atoms with E-state index in [0.29, 0.717) is 6.42 Å². The number of aryl methyl sites for hydroxylation is 1. The second-order valence-corrected chi connectivity index (χ2v) is 11.1. The topological polar surface area (TPSA) is 87.7 Å². The predicted octanol–water partition coefficient (Wildman–Crippen LogP) is 4.88. The lowest BCUT2D eigenvalue weighted by atomic mass is 9.86. The number of hydrogen-bond donors (Lipinski definition) is 2. The van der Waals surface area contributed by atoms with Gasteiger partial charge in [-0.3, -0.25) is 9.59 Å². The summed E-state index contributed by atoms with van der Waals surface area (Å²) >= 11 is 0. The molecular weight excluding hydrogens is 430 g/mol. The summed E-state index contributed by atoms with van der Waals surface area (Å²) in [5.41, 5.74) is 1.08. The van der Waals surface area contributed by atoms with Gasteiger partial charge in [0.1, 0.15) is 17.7 Å². The number of carbonyl (C=O) groups is 3. The highest BCUT2D eigenvalue weighted by molar-refractivity contribution is 5.92. The molecule has 2 atom stereocenters. The summed E-state index contributed by atoms with van der Waals surface area (Å²) in [5, 5.41) is 5.82. The number of amides is 3. The van der Waals surface area contributed by atoms with Crippen molar-refractivity contribution in [1.82, 2.24) is 15.5 Å². The molecular formula is C27H43N3O4. The molecule has 34 heavy (non-hydrogen) atoms. The number of carbonyl (C=O) groups excluding carboxylic acids is 3. The Balaban J connectivity index is 2.49. The van der Waals surface area contributed by atoms with E-state index in [1.54, 1.807) is 25.7 Å². The van der Waals surface area contributed by atoms with Gasteiger partial charge in [-0.15, -0.1) is 0 Å². The number of benzene rings is 1. The Hall–Kier alpha value is -2.57. The third-order valence-electron chi connectivity index (χ3n) is 5.86. The smallest absolute Gasteiger partial charge is 0.408 e. The van der Waals surface area contributed by atoms with E-state index in [1.807, 2.05) is 58.9 Å². The lowest BCUT2D eigenvalue weighted by Crippen LogP contribution is -2.58. The van der Waals surface area contributed by atoms with Gasteiger partial charge in [-0.2, -0.15) is 0 Å². The largest absolute Gasteiger partial charge is 0.444 e. The van der Waals surface area contributed by atoms with E-state index in [-0.39, 0.29) is 29.8 Å². The minimum atomic E-state index is -0.784. The number of alkyl carbamates (subject to hydrolysis) is 1. The molecule has 190 valence electrons. The summed E-state index contributed by atoms with van der Waals surface area (Å²) in [6.45, 7) is 15.2. The Morgan fingerprint density at radius 1 is 1.06 bits per heavy atom. The number of rotatable bonds is 9. The number of nitrogens with one attached hydrogen (secondary N) is 2. The summed E-state index contributed by atoms with van der Waals surface area (Å²) in [6.07, 6.45) is 2.51. The van der Waals surface area contributed by atoms with Crippen LogP contribution in [0.4, 0.5) is 4.79 Å². The van der Waals surface area contributed by atoms with Crippen molar-refractivity contribution in [3.8, 4) is 0 Å². The van der Waals surface area contributed by atoms with Gasteiger partial charge in [0.25, 0.3) is 0 Å². The minimum Gasteiger partial charge on any atom is -0.444 e. The Morgan fingerprint density at radius 2 is 1.68 bits per heavy atom. The van der Waals surface area contributed by atoms with Gasteiger partial charge in [-0.05, 0) is 84.3 Å². The van der Waals surface area contributed by atoms with Crippen LogP contribution in [0.3, 0.4) is 0 Å². The molecule has 0 spiro atoms. The van der Waals surface area contributed by atoms with E-state index in [1.165, 1.54) is 0 Å². The average molecular weight is 474 g/mol. The van der Waals surface area contributed by atoms with Gasteiger partial charge in [0.15, 0.2) is 0 Å². The monoisotopic (exact) mass is 473 g/mol. The van der Waals surface area contributed by atoms with Crippen LogP contribution in [0.25, 0.3) is 0 Å². The van der Waals surface area contributed by atoms with E-state index >= 15 is 0 Å². The van der Waals surface area contributed by atoms with Crippen LogP contribution >= 0.6 is 0 Å². The van der Waals surface area contributed by atoms with Gasteiger partial charge in [0.2, 0.25) is 11.8 Å². The zero-order valence-corrected chi connectivity index (χ0v) is 22.1. The first-order valence-corrected chi connectivity index (χ1v) is 12.5. The molecule has 1 fully saturated rings. The van der Waals surface area contributed by atoms with Crippen LogP contribution in [0.1, 0.15) is 91.3 Å². The molecule has 7 heteroatoms. The van der Waals surface area contributed by atoms with Gasteiger partial charge < -0.3 is 20.3 Å². The van der Waals surface area contributed by atoms with Crippen LogP contribution < -0.4 is 10.6 Å². The first-order valence-electron chi connectivity index (χ1n) is 12.5. The fourth-order valence-corrected chi connectivity index (χ4v) is 4.18. The molecule has 7 nitrogen and oxygen atoms in total. The van der Waals surface area contributed by atoms with Gasteiger partial charge in [0, 0.05) is 12.1 Å². The average Bonchev–Trinajstić information content (AvgIpc) is 2.64. The Bertz CT molecular complexity index is 856.